The lowest BCUT2D eigenvalue weighted by atomic mass is 10.1. The Morgan fingerprint density at radius 2 is 1.86 bits per heavy atom. The minimum atomic E-state index is -0.388. The zero-order chi connectivity index (χ0) is 20.4. The first kappa shape index (κ1) is 19.7. The van der Waals surface area contributed by atoms with Crippen molar-refractivity contribution in [2.24, 2.45) is 0 Å². The largest absolute Gasteiger partial charge is 0.322 e. The van der Waals surface area contributed by atoms with Crippen LogP contribution in [0.15, 0.2) is 77.3 Å². The Morgan fingerprint density at radius 1 is 1.07 bits per heavy atom. The molecule has 1 fully saturated rings. The van der Waals surface area contributed by atoms with E-state index in [-0.39, 0.29) is 23.0 Å². The molecule has 2 amide bonds. The molecule has 1 N–H and O–H groups in total. The number of amides is 2. The van der Waals surface area contributed by atoms with Gasteiger partial charge in [-0.15, -0.1) is 11.8 Å². The van der Waals surface area contributed by atoms with Gasteiger partial charge in [-0.1, -0.05) is 40.2 Å². The van der Waals surface area contributed by atoms with E-state index in [9.17, 15) is 14.0 Å². The molecule has 1 saturated heterocycles. The van der Waals surface area contributed by atoms with Crippen LogP contribution in [0.5, 0.6) is 0 Å². The van der Waals surface area contributed by atoms with E-state index in [0.29, 0.717) is 22.7 Å². The molecule has 0 radical (unpaired) electrons. The highest BCUT2D eigenvalue weighted by Crippen LogP contribution is 2.42. The SMILES string of the molecule is O=C(Nc1cccc(C2SCC(=O)N2c2cccc(F)c2)c1)c1cccc(Br)c1. The van der Waals surface area contributed by atoms with Crippen LogP contribution in [0.25, 0.3) is 0 Å². The van der Waals surface area contributed by atoms with Crippen molar-refractivity contribution >= 4 is 50.9 Å². The summed E-state index contributed by atoms with van der Waals surface area (Å²) in [7, 11) is 0. The van der Waals surface area contributed by atoms with Crippen LogP contribution in [0.1, 0.15) is 21.3 Å². The van der Waals surface area contributed by atoms with Crippen molar-refractivity contribution in [2.75, 3.05) is 16.0 Å². The van der Waals surface area contributed by atoms with Gasteiger partial charge in [0.15, 0.2) is 0 Å². The first-order valence-corrected chi connectivity index (χ1v) is 10.7. The van der Waals surface area contributed by atoms with Crippen molar-refractivity contribution in [1.82, 2.24) is 0 Å². The van der Waals surface area contributed by atoms with Crippen LogP contribution in [0.4, 0.5) is 15.8 Å². The molecule has 1 heterocycles. The summed E-state index contributed by atoms with van der Waals surface area (Å²) in [5.74, 6) is -0.369. The number of nitrogens with zero attached hydrogens (tertiary/aromatic N) is 1. The lowest BCUT2D eigenvalue weighted by Gasteiger charge is -2.24. The van der Waals surface area contributed by atoms with Gasteiger partial charge < -0.3 is 5.32 Å². The number of thioether (sulfide) groups is 1. The van der Waals surface area contributed by atoms with Crippen molar-refractivity contribution < 1.29 is 14.0 Å². The average molecular weight is 471 g/mol. The number of benzene rings is 3. The van der Waals surface area contributed by atoms with Crippen molar-refractivity contribution in [2.45, 2.75) is 5.37 Å². The summed E-state index contributed by atoms with van der Waals surface area (Å²) in [6, 6.07) is 20.5. The maximum atomic E-state index is 13.7. The Morgan fingerprint density at radius 3 is 2.66 bits per heavy atom. The second kappa shape index (κ2) is 8.39. The maximum absolute atomic E-state index is 13.7. The second-order valence-corrected chi connectivity index (χ2v) is 8.48. The molecule has 4 nitrogen and oxygen atoms in total. The maximum Gasteiger partial charge on any atom is 0.255 e. The second-order valence-electron chi connectivity index (χ2n) is 6.50. The van der Waals surface area contributed by atoms with Crippen molar-refractivity contribution in [3.8, 4) is 0 Å². The molecule has 1 unspecified atom stereocenters. The third-order valence-electron chi connectivity index (χ3n) is 4.47. The molecule has 4 rings (SSSR count). The number of halogens is 2. The lowest BCUT2D eigenvalue weighted by molar-refractivity contribution is -0.115. The lowest BCUT2D eigenvalue weighted by Crippen LogP contribution is -2.27. The fourth-order valence-corrected chi connectivity index (χ4v) is 4.74. The van der Waals surface area contributed by atoms with Crippen molar-refractivity contribution in [3.05, 3.63) is 94.2 Å². The fraction of sp³-hybridized carbons (Fsp3) is 0.0909. The van der Waals surface area contributed by atoms with E-state index in [4.69, 9.17) is 0 Å². The Hall–Kier alpha value is -2.64. The smallest absolute Gasteiger partial charge is 0.255 e. The van der Waals surface area contributed by atoms with Crippen LogP contribution < -0.4 is 10.2 Å². The van der Waals surface area contributed by atoms with E-state index in [1.165, 1.54) is 23.9 Å². The number of rotatable bonds is 4. The third kappa shape index (κ3) is 4.36. The molecule has 29 heavy (non-hydrogen) atoms. The van der Waals surface area contributed by atoms with E-state index in [1.54, 1.807) is 41.3 Å². The summed E-state index contributed by atoms with van der Waals surface area (Å²) in [5.41, 5.74) is 2.55. The van der Waals surface area contributed by atoms with E-state index in [2.05, 4.69) is 21.2 Å². The Kier molecular flexibility index (Phi) is 5.69. The molecule has 1 aliphatic heterocycles. The van der Waals surface area contributed by atoms with Crippen LogP contribution in [-0.4, -0.2) is 17.6 Å². The topological polar surface area (TPSA) is 49.4 Å². The zero-order valence-electron chi connectivity index (χ0n) is 15.1. The first-order valence-electron chi connectivity index (χ1n) is 8.87. The number of carbonyl (C=O) groups is 2. The van der Waals surface area contributed by atoms with Gasteiger partial charge in [0.25, 0.3) is 5.91 Å². The highest BCUT2D eigenvalue weighted by molar-refractivity contribution is 9.10. The summed E-state index contributed by atoms with van der Waals surface area (Å²) >= 11 is 4.84. The predicted octanol–water partition coefficient (Wildman–Crippen LogP) is 5.62. The monoisotopic (exact) mass is 470 g/mol. The summed E-state index contributed by atoms with van der Waals surface area (Å²) in [6.07, 6.45) is 0. The van der Waals surface area contributed by atoms with Gasteiger partial charge in [0.2, 0.25) is 5.91 Å². The average Bonchev–Trinajstić information content (AvgIpc) is 3.10. The Bertz CT molecular complexity index is 1090. The van der Waals surface area contributed by atoms with Crippen LogP contribution in [-0.2, 0) is 4.79 Å². The molecule has 0 saturated carbocycles. The molecule has 1 aliphatic rings. The highest BCUT2D eigenvalue weighted by atomic mass is 79.9. The molecule has 1 atom stereocenters. The predicted molar refractivity (Wildman–Crippen MR) is 118 cm³/mol. The van der Waals surface area contributed by atoms with Gasteiger partial charge in [-0.05, 0) is 54.1 Å². The molecule has 0 spiro atoms. The fourth-order valence-electron chi connectivity index (χ4n) is 3.18. The van der Waals surface area contributed by atoms with Crippen molar-refractivity contribution in [1.29, 1.82) is 0 Å². The molecular formula is C22H16BrFN2O2S. The molecule has 3 aromatic carbocycles. The normalized spacial score (nSPS) is 16.1. The minimum absolute atomic E-state index is 0.0748. The van der Waals surface area contributed by atoms with Gasteiger partial charge in [-0.25, -0.2) is 4.39 Å². The third-order valence-corrected chi connectivity index (χ3v) is 6.18. The molecular weight excluding hydrogens is 455 g/mol. The zero-order valence-corrected chi connectivity index (χ0v) is 17.5. The number of anilines is 2. The van der Waals surface area contributed by atoms with Gasteiger partial charge in [0.05, 0.1) is 5.75 Å². The van der Waals surface area contributed by atoms with Gasteiger partial charge in [0.1, 0.15) is 11.2 Å². The highest BCUT2D eigenvalue weighted by Gasteiger charge is 2.34. The van der Waals surface area contributed by atoms with Crippen LogP contribution in [0.3, 0.4) is 0 Å². The summed E-state index contributed by atoms with van der Waals surface area (Å²) in [4.78, 5) is 26.6. The van der Waals surface area contributed by atoms with Gasteiger partial charge in [0, 0.05) is 21.4 Å². The molecule has 0 bridgehead atoms. The molecule has 146 valence electrons. The summed E-state index contributed by atoms with van der Waals surface area (Å²) in [5, 5.41) is 2.61. The summed E-state index contributed by atoms with van der Waals surface area (Å²) < 4.78 is 14.5. The number of hydrogen-bond acceptors (Lipinski definition) is 3. The number of nitrogens with one attached hydrogen (secondary N) is 1. The van der Waals surface area contributed by atoms with E-state index in [1.807, 2.05) is 24.3 Å². The molecule has 0 aromatic heterocycles. The first-order chi connectivity index (χ1) is 14.0. The summed E-state index contributed by atoms with van der Waals surface area (Å²) in [6.45, 7) is 0. The van der Waals surface area contributed by atoms with E-state index >= 15 is 0 Å². The minimum Gasteiger partial charge on any atom is -0.322 e. The van der Waals surface area contributed by atoms with Crippen molar-refractivity contribution in [3.63, 3.8) is 0 Å². The molecule has 7 heteroatoms. The standard InChI is InChI=1S/C22H16BrFN2O2S/c23-16-6-1-4-14(10-16)21(28)25-18-8-2-5-15(11-18)22-26(20(27)13-29-22)19-9-3-7-17(24)12-19/h1-12,22H,13H2,(H,25,28). The quantitative estimate of drug-likeness (QED) is 0.538. The van der Waals surface area contributed by atoms with E-state index < -0.39 is 0 Å². The Balaban J connectivity index is 1.59. The molecule has 3 aromatic rings. The van der Waals surface area contributed by atoms with Crippen LogP contribution >= 0.6 is 27.7 Å². The van der Waals surface area contributed by atoms with Crippen LogP contribution in [0.2, 0.25) is 0 Å². The molecule has 0 aliphatic carbocycles. The van der Waals surface area contributed by atoms with Gasteiger partial charge in [-0.3, -0.25) is 14.5 Å². The number of hydrogen-bond donors (Lipinski definition) is 1. The van der Waals surface area contributed by atoms with Crippen LogP contribution in [0, 0.1) is 5.82 Å². The van der Waals surface area contributed by atoms with Gasteiger partial charge >= 0.3 is 0 Å². The van der Waals surface area contributed by atoms with E-state index in [0.717, 1.165) is 10.0 Å². The number of carbonyl (C=O) groups excluding carboxylic acids is 2. The Labute approximate surface area is 180 Å². The van der Waals surface area contributed by atoms with Gasteiger partial charge in [-0.2, -0.15) is 0 Å².